The molecule has 1 aromatic carbocycles. The lowest BCUT2D eigenvalue weighted by molar-refractivity contribution is 0.0266. The number of hydrogen-bond acceptors (Lipinski definition) is 5. The van der Waals surface area contributed by atoms with Crippen LogP contribution < -0.4 is 0 Å². The molecular formula is C16H18O8. The molecule has 8 nitrogen and oxygen atoms in total. The van der Waals surface area contributed by atoms with E-state index in [-0.39, 0.29) is 0 Å². The van der Waals surface area contributed by atoms with Crippen molar-refractivity contribution in [3.05, 3.63) is 34.4 Å². The van der Waals surface area contributed by atoms with Crippen molar-refractivity contribution in [3.8, 4) is 0 Å². The molecule has 1 rings (SSSR count). The van der Waals surface area contributed by atoms with Crippen LogP contribution in [0.4, 0.5) is 0 Å². The number of carbonyl (C=O) groups excluding carboxylic acids is 1. The number of esters is 1. The number of carboxylic acid groups (broad SMARTS) is 3. The van der Waals surface area contributed by atoms with Crippen molar-refractivity contribution in [2.45, 2.75) is 39.2 Å². The molecule has 0 bridgehead atoms. The molecule has 1 aromatic rings. The maximum atomic E-state index is 12.2. The molecule has 0 aromatic heterocycles. The van der Waals surface area contributed by atoms with Crippen LogP contribution in [0.2, 0.25) is 0 Å². The Bertz CT molecular complexity index is 677. The second kappa shape index (κ2) is 8.09. The van der Waals surface area contributed by atoms with Gasteiger partial charge in [0.2, 0.25) is 0 Å². The van der Waals surface area contributed by atoms with E-state index in [2.05, 4.69) is 0 Å². The minimum Gasteiger partial charge on any atom is -0.478 e. The normalized spacial score (nSPS) is 11.6. The van der Waals surface area contributed by atoms with E-state index in [1.54, 1.807) is 6.92 Å². The zero-order chi connectivity index (χ0) is 18.4. The largest absolute Gasteiger partial charge is 0.478 e. The zero-order valence-corrected chi connectivity index (χ0v) is 13.2. The maximum Gasteiger partial charge on any atom is 0.339 e. The van der Waals surface area contributed by atoms with Gasteiger partial charge in [0.25, 0.3) is 0 Å². The number of carboxylic acids is 3. The van der Waals surface area contributed by atoms with Crippen molar-refractivity contribution in [1.82, 2.24) is 0 Å². The van der Waals surface area contributed by atoms with Gasteiger partial charge in [0.1, 0.15) is 6.10 Å². The first-order valence-corrected chi connectivity index (χ1v) is 7.31. The fourth-order valence-corrected chi connectivity index (χ4v) is 2.18. The first-order valence-electron chi connectivity index (χ1n) is 7.31. The first kappa shape index (κ1) is 19.1. The zero-order valence-electron chi connectivity index (χ0n) is 13.2. The molecule has 8 heteroatoms. The lowest BCUT2D eigenvalue weighted by atomic mass is 9.98. The molecule has 0 amide bonds. The number of rotatable bonds is 8. The average Bonchev–Trinajstić information content (AvgIpc) is 2.52. The van der Waals surface area contributed by atoms with Gasteiger partial charge in [0.15, 0.2) is 0 Å². The third kappa shape index (κ3) is 4.31. The Hall–Kier alpha value is -2.90. The summed E-state index contributed by atoms with van der Waals surface area (Å²) in [4.78, 5) is 45.9. The number of aromatic carboxylic acids is 3. The van der Waals surface area contributed by atoms with Gasteiger partial charge in [-0.2, -0.15) is 0 Å². The Balaban J connectivity index is 3.42. The number of carbonyl (C=O) groups is 4. The third-order valence-electron chi connectivity index (χ3n) is 3.41. The summed E-state index contributed by atoms with van der Waals surface area (Å²) in [5.74, 6) is -5.73. The van der Waals surface area contributed by atoms with Gasteiger partial charge in [-0.1, -0.05) is 20.3 Å². The smallest absolute Gasteiger partial charge is 0.339 e. The summed E-state index contributed by atoms with van der Waals surface area (Å²) in [7, 11) is 0. The summed E-state index contributed by atoms with van der Waals surface area (Å²) in [6.45, 7) is 3.69. The topological polar surface area (TPSA) is 138 Å². The summed E-state index contributed by atoms with van der Waals surface area (Å²) < 4.78 is 5.21. The molecule has 1 atom stereocenters. The van der Waals surface area contributed by atoms with Gasteiger partial charge in [-0.15, -0.1) is 0 Å². The Morgan fingerprint density at radius 2 is 1.29 bits per heavy atom. The van der Waals surface area contributed by atoms with E-state index >= 15 is 0 Å². The quantitative estimate of drug-likeness (QED) is 0.615. The van der Waals surface area contributed by atoms with Crippen molar-refractivity contribution in [3.63, 3.8) is 0 Å². The summed E-state index contributed by atoms with van der Waals surface area (Å²) in [5, 5.41) is 27.3. The van der Waals surface area contributed by atoms with Gasteiger partial charge in [-0.25, -0.2) is 19.2 Å². The van der Waals surface area contributed by atoms with E-state index in [1.165, 1.54) is 0 Å². The molecule has 0 fully saturated rings. The van der Waals surface area contributed by atoms with E-state index < -0.39 is 52.2 Å². The third-order valence-corrected chi connectivity index (χ3v) is 3.41. The Morgan fingerprint density at radius 3 is 1.67 bits per heavy atom. The standard InChI is InChI=1S/C16H18O8/c1-3-5-8(4-2)24-16(23)12-7-10(14(19)20)9(13(17)18)6-11(12)15(21)22/h6-8H,3-5H2,1-2H3,(H,17,18)(H,19,20)(H,21,22). The monoisotopic (exact) mass is 338 g/mol. The van der Waals surface area contributed by atoms with E-state index in [1.807, 2.05) is 6.92 Å². The van der Waals surface area contributed by atoms with Crippen molar-refractivity contribution in [2.24, 2.45) is 0 Å². The average molecular weight is 338 g/mol. The predicted octanol–water partition coefficient (Wildman–Crippen LogP) is 2.52. The van der Waals surface area contributed by atoms with Crippen molar-refractivity contribution < 1.29 is 39.2 Å². The first-order chi connectivity index (χ1) is 11.2. The highest BCUT2D eigenvalue weighted by Gasteiger charge is 2.27. The summed E-state index contributed by atoms with van der Waals surface area (Å²) in [6, 6.07) is 1.39. The van der Waals surface area contributed by atoms with Gasteiger partial charge in [-0.3, -0.25) is 0 Å². The second-order valence-corrected chi connectivity index (χ2v) is 5.08. The molecule has 0 aliphatic carbocycles. The van der Waals surface area contributed by atoms with Gasteiger partial charge in [0, 0.05) is 0 Å². The lowest BCUT2D eigenvalue weighted by Gasteiger charge is -2.16. The molecule has 0 spiro atoms. The van der Waals surface area contributed by atoms with E-state index in [9.17, 15) is 24.3 Å². The second-order valence-electron chi connectivity index (χ2n) is 5.08. The number of hydrogen-bond donors (Lipinski definition) is 3. The SMILES string of the molecule is CCCC(CC)OC(=O)c1cc(C(=O)O)c(C(=O)O)cc1C(=O)O. The Labute approximate surface area is 137 Å². The molecule has 3 N–H and O–H groups in total. The predicted molar refractivity (Wildman–Crippen MR) is 81.7 cm³/mol. The minimum atomic E-state index is -1.60. The summed E-state index contributed by atoms with van der Waals surface area (Å²) in [5.41, 5.74) is -2.49. The van der Waals surface area contributed by atoms with Crippen LogP contribution >= 0.6 is 0 Å². The van der Waals surface area contributed by atoms with Gasteiger partial charge in [0.05, 0.1) is 22.3 Å². The van der Waals surface area contributed by atoms with Gasteiger partial charge < -0.3 is 20.1 Å². The van der Waals surface area contributed by atoms with Crippen molar-refractivity contribution in [1.29, 1.82) is 0 Å². The summed E-state index contributed by atoms with van der Waals surface area (Å²) >= 11 is 0. The fraction of sp³-hybridized carbons (Fsp3) is 0.375. The van der Waals surface area contributed by atoms with E-state index in [0.29, 0.717) is 18.9 Å². The molecule has 1 unspecified atom stereocenters. The van der Waals surface area contributed by atoms with Crippen molar-refractivity contribution >= 4 is 23.9 Å². The van der Waals surface area contributed by atoms with E-state index in [0.717, 1.165) is 12.5 Å². The molecule has 0 aliphatic rings. The minimum absolute atomic E-state index is 0.434. The summed E-state index contributed by atoms with van der Waals surface area (Å²) in [6.07, 6.45) is 1.40. The highest BCUT2D eigenvalue weighted by Crippen LogP contribution is 2.21. The molecular weight excluding hydrogens is 320 g/mol. The van der Waals surface area contributed by atoms with E-state index in [4.69, 9.17) is 14.9 Å². The molecule has 0 heterocycles. The van der Waals surface area contributed by atoms with Gasteiger partial charge >= 0.3 is 23.9 Å². The van der Waals surface area contributed by atoms with Crippen LogP contribution in [0, 0.1) is 0 Å². The van der Waals surface area contributed by atoms with Crippen LogP contribution in [-0.4, -0.2) is 45.3 Å². The van der Waals surface area contributed by atoms with Gasteiger partial charge in [-0.05, 0) is 25.0 Å². The van der Waals surface area contributed by atoms with Crippen LogP contribution in [0.5, 0.6) is 0 Å². The maximum absolute atomic E-state index is 12.2. The number of ether oxygens (including phenoxy) is 1. The molecule has 24 heavy (non-hydrogen) atoms. The molecule has 0 saturated heterocycles. The van der Waals surface area contributed by atoms with Crippen LogP contribution in [0.3, 0.4) is 0 Å². The highest BCUT2D eigenvalue weighted by atomic mass is 16.5. The van der Waals surface area contributed by atoms with Crippen LogP contribution in [0.25, 0.3) is 0 Å². The molecule has 0 aliphatic heterocycles. The number of benzene rings is 1. The Morgan fingerprint density at radius 1 is 0.875 bits per heavy atom. The van der Waals surface area contributed by atoms with Crippen LogP contribution in [-0.2, 0) is 4.74 Å². The molecule has 0 saturated carbocycles. The van der Waals surface area contributed by atoms with Crippen LogP contribution in [0.15, 0.2) is 12.1 Å². The van der Waals surface area contributed by atoms with Crippen molar-refractivity contribution in [2.75, 3.05) is 0 Å². The molecule has 130 valence electrons. The molecule has 0 radical (unpaired) electrons. The highest BCUT2D eigenvalue weighted by molar-refractivity contribution is 6.09. The fourth-order valence-electron chi connectivity index (χ4n) is 2.18. The lowest BCUT2D eigenvalue weighted by Crippen LogP contribution is -2.21. The van der Waals surface area contributed by atoms with Crippen LogP contribution in [0.1, 0.15) is 74.5 Å². The Kier molecular flexibility index (Phi) is 6.46.